The predicted octanol–water partition coefficient (Wildman–Crippen LogP) is 2.60. The first-order chi connectivity index (χ1) is 9.16. The summed E-state index contributed by atoms with van der Waals surface area (Å²) < 4.78 is 0. The molecule has 0 spiro atoms. The normalized spacial score (nSPS) is 10.8. The average Bonchev–Trinajstić information content (AvgIpc) is 2.41. The van der Waals surface area contributed by atoms with Crippen molar-refractivity contribution in [3.63, 3.8) is 0 Å². The number of hydrogen-bond acceptors (Lipinski definition) is 3. The minimum Gasteiger partial charge on any atom is -0.507 e. The fourth-order valence-corrected chi connectivity index (χ4v) is 2.16. The zero-order valence-electron chi connectivity index (χ0n) is 10.3. The molecule has 0 unspecified atom stereocenters. The molecule has 94 valence electrons. The number of aromatic hydroxyl groups is 1. The molecule has 1 heterocycles. The quantitative estimate of drug-likeness (QED) is 0.699. The highest BCUT2D eigenvalue weighted by Crippen LogP contribution is 2.31. The largest absolute Gasteiger partial charge is 0.507 e. The predicted molar refractivity (Wildman–Crippen MR) is 74.2 cm³/mol. The molecule has 3 aromatic rings. The minimum absolute atomic E-state index is 0.157. The van der Waals surface area contributed by atoms with Crippen LogP contribution in [0.4, 0.5) is 0 Å². The summed E-state index contributed by atoms with van der Waals surface area (Å²) in [5.74, 6) is 0.157. The molecular formula is C15H12N2O2. The number of nitrogens with one attached hydrogen (secondary N) is 1. The van der Waals surface area contributed by atoms with Gasteiger partial charge in [-0.25, -0.2) is 5.10 Å². The van der Waals surface area contributed by atoms with Gasteiger partial charge in [-0.2, -0.15) is 5.10 Å². The Hall–Kier alpha value is -2.62. The molecule has 2 aromatic carbocycles. The Labute approximate surface area is 109 Å². The number of phenolic OH excluding ortho intramolecular Hbond substituents is 1. The van der Waals surface area contributed by atoms with Crippen molar-refractivity contribution in [2.24, 2.45) is 0 Å². The Bertz CT molecular complexity index is 822. The smallest absolute Gasteiger partial charge is 0.272 e. The summed E-state index contributed by atoms with van der Waals surface area (Å²) in [6, 6.07) is 12.6. The summed E-state index contributed by atoms with van der Waals surface area (Å²) in [5, 5.41) is 17.9. The van der Waals surface area contributed by atoms with Gasteiger partial charge in [-0.3, -0.25) is 4.79 Å². The average molecular weight is 252 g/mol. The SMILES string of the molecule is Cc1ccc(-c2n[nH]c(=O)c3ccccc23)c(O)c1. The third kappa shape index (κ3) is 1.87. The summed E-state index contributed by atoms with van der Waals surface area (Å²) in [5.41, 5.74) is 1.92. The maximum Gasteiger partial charge on any atom is 0.272 e. The van der Waals surface area contributed by atoms with Crippen LogP contribution >= 0.6 is 0 Å². The van der Waals surface area contributed by atoms with Gasteiger partial charge in [0, 0.05) is 10.9 Å². The van der Waals surface area contributed by atoms with Crippen LogP contribution in [0.25, 0.3) is 22.0 Å². The number of H-pyrrole nitrogens is 1. The molecule has 0 radical (unpaired) electrons. The minimum atomic E-state index is -0.231. The lowest BCUT2D eigenvalue weighted by Gasteiger charge is -2.07. The van der Waals surface area contributed by atoms with E-state index in [0.717, 1.165) is 10.9 Å². The summed E-state index contributed by atoms with van der Waals surface area (Å²) in [4.78, 5) is 11.7. The Morgan fingerprint density at radius 2 is 1.84 bits per heavy atom. The van der Waals surface area contributed by atoms with E-state index in [-0.39, 0.29) is 11.3 Å². The Morgan fingerprint density at radius 1 is 1.11 bits per heavy atom. The van der Waals surface area contributed by atoms with Crippen molar-refractivity contribution < 1.29 is 5.11 Å². The second-order valence-electron chi connectivity index (χ2n) is 4.47. The van der Waals surface area contributed by atoms with Gasteiger partial charge in [0.1, 0.15) is 11.4 Å². The highest BCUT2D eigenvalue weighted by molar-refractivity contribution is 5.94. The van der Waals surface area contributed by atoms with E-state index in [1.807, 2.05) is 25.1 Å². The van der Waals surface area contributed by atoms with Gasteiger partial charge in [0.25, 0.3) is 5.56 Å². The van der Waals surface area contributed by atoms with Crippen LogP contribution in [0.2, 0.25) is 0 Å². The van der Waals surface area contributed by atoms with Crippen LogP contribution in [0.3, 0.4) is 0 Å². The first kappa shape index (κ1) is 11.5. The Morgan fingerprint density at radius 3 is 2.58 bits per heavy atom. The highest BCUT2D eigenvalue weighted by Gasteiger charge is 2.11. The summed E-state index contributed by atoms with van der Waals surface area (Å²) in [6.45, 7) is 1.90. The third-order valence-corrected chi connectivity index (χ3v) is 3.10. The lowest BCUT2D eigenvalue weighted by molar-refractivity contribution is 0.476. The number of hydrogen-bond donors (Lipinski definition) is 2. The first-order valence-corrected chi connectivity index (χ1v) is 5.94. The standard InChI is InChI=1S/C15H12N2O2/c1-9-6-7-12(13(18)8-9)14-10-4-2-3-5-11(10)15(19)17-16-14/h2-8,18H,1H3,(H,17,19). The topological polar surface area (TPSA) is 66.0 Å². The van der Waals surface area contributed by atoms with Gasteiger partial charge in [-0.15, -0.1) is 0 Å². The number of benzene rings is 2. The van der Waals surface area contributed by atoms with Crippen molar-refractivity contribution in [2.45, 2.75) is 6.92 Å². The van der Waals surface area contributed by atoms with E-state index < -0.39 is 0 Å². The molecule has 19 heavy (non-hydrogen) atoms. The van der Waals surface area contributed by atoms with Gasteiger partial charge in [-0.1, -0.05) is 24.3 Å². The highest BCUT2D eigenvalue weighted by atomic mass is 16.3. The molecule has 0 aliphatic rings. The molecule has 2 N–H and O–H groups in total. The molecule has 4 nitrogen and oxygen atoms in total. The van der Waals surface area contributed by atoms with Gasteiger partial charge in [0.15, 0.2) is 0 Å². The number of phenols is 1. The zero-order chi connectivity index (χ0) is 13.4. The number of aryl methyl sites for hydroxylation is 1. The van der Waals surface area contributed by atoms with Crippen LogP contribution in [0.5, 0.6) is 5.75 Å². The second-order valence-corrected chi connectivity index (χ2v) is 4.47. The fraction of sp³-hybridized carbons (Fsp3) is 0.0667. The van der Waals surface area contributed by atoms with E-state index in [1.54, 1.807) is 24.3 Å². The molecule has 0 amide bonds. The molecule has 0 saturated carbocycles. The lowest BCUT2D eigenvalue weighted by Crippen LogP contribution is -2.09. The van der Waals surface area contributed by atoms with Crippen molar-refractivity contribution in [2.75, 3.05) is 0 Å². The van der Waals surface area contributed by atoms with Gasteiger partial charge in [-0.05, 0) is 30.7 Å². The summed E-state index contributed by atoms with van der Waals surface area (Å²) in [7, 11) is 0. The van der Waals surface area contributed by atoms with Gasteiger partial charge in [0.2, 0.25) is 0 Å². The van der Waals surface area contributed by atoms with E-state index in [9.17, 15) is 9.90 Å². The first-order valence-electron chi connectivity index (χ1n) is 5.94. The lowest BCUT2D eigenvalue weighted by atomic mass is 10.0. The number of rotatable bonds is 1. The number of aromatic nitrogens is 2. The van der Waals surface area contributed by atoms with E-state index in [4.69, 9.17) is 0 Å². The molecule has 0 fully saturated rings. The van der Waals surface area contributed by atoms with Gasteiger partial charge in [0.05, 0.1) is 5.39 Å². The van der Waals surface area contributed by atoms with E-state index in [0.29, 0.717) is 16.6 Å². The summed E-state index contributed by atoms with van der Waals surface area (Å²) in [6.07, 6.45) is 0. The van der Waals surface area contributed by atoms with Crippen molar-refractivity contribution in [3.8, 4) is 17.0 Å². The van der Waals surface area contributed by atoms with Crippen LogP contribution in [0.15, 0.2) is 47.3 Å². The third-order valence-electron chi connectivity index (χ3n) is 3.10. The van der Waals surface area contributed by atoms with Gasteiger partial charge < -0.3 is 5.11 Å². The molecule has 4 heteroatoms. The van der Waals surface area contributed by atoms with Crippen molar-refractivity contribution >= 4 is 10.8 Å². The van der Waals surface area contributed by atoms with Crippen LogP contribution < -0.4 is 5.56 Å². The molecule has 0 saturated heterocycles. The van der Waals surface area contributed by atoms with E-state index >= 15 is 0 Å². The van der Waals surface area contributed by atoms with Crippen LogP contribution in [-0.4, -0.2) is 15.3 Å². The van der Waals surface area contributed by atoms with Crippen LogP contribution in [0.1, 0.15) is 5.56 Å². The van der Waals surface area contributed by atoms with Crippen LogP contribution in [-0.2, 0) is 0 Å². The number of nitrogens with zero attached hydrogens (tertiary/aromatic N) is 1. The van der Waals surface area contributed by atoms with Crippen LogP contribution in [0, 0.1) is 6.92 Å². The van der Waals surface area contributed by atoms with E-state index in [2.05, 4.69) is 10.2 Å². The molecule has 0 atom stereocenters. The molecular weight excluding hydrogens is 240 g/mol. The Kier molecular flexibility index (Phi) is 2.56. The van der Waals surface area contributed by atoms with E-state index in [1.165, 1.54) is 0 Å². The van der Waals surface area contributed by atoms with Crippen molar-refractivity contribution in [1.82, 2.24) is 10.2 Å². The molecule has 1 aromatic heterocycles. The number of aromatic amines is 1. The van der Waals surface area contributed by atoms with Gasteiger partial charge >= 0.3 is 0 Å². The van der Waals surface area contributed by atoms with Crippen molar-refractivity contribution in [1.29, 1.82) is 0 Å². The van der Waals surface area contributed by atoms with Crippen molar-refractivity contribution in [3.05, 3.63) is 58.4 Å². The second kappa shape index (κ2) is 4.24. The number of fused-ring (bicyclic) bond motifs is 1. The fourth-order valence-electron chi connectivity index (χ4n) is 2.16. The molecule has 0 aliphatic carbocycles. The summed E-state index contributed by atoms with van der Waals surface area (Å²) >= 11 is 0. The molecule has 0 aliphatic heterocycles. The molecule has 0 bridgehead atoms. The maximum atomic E-state index is 11.7. The molecule has 3 rings (SSSR count). The zero-order valence-corrected chi connectivity index (χ0v) is 10.3. The maximum absolute atomic E-state index is 11.7. The monoisotopic (exact) mass is 252 g/mol. The Balaban J connectivity index is 2.37.